The summed E-state index contributed by atoms with van der Waals surface area (Å²) in [6.07, 6.45) is 3.18. The van der Waals surface area contributed by atoms with E-state index in [1.165, 1.54) is 32.5 Å². The Morgan fingerprint density at radius 1 is 1.00 bits per heavy atom. The summed E-state index contributed by atoms with van der Waals surface area (Å²) >= 11 is 0. The quantitative estimate of drug-likeness (QED) is 0.771. The Bertz CT molecular complexity index is 272. The normalized spacial score (nSPS) is 27.6. The van der Waals surface area contributed by atoms with Gasteiger partial charge in [0.2, 0.25) is 0 Å². The number of morpholine rings is 1. The Morgan fingerprint density at radius 3 is 2.30 bits per heavy atom. The van der Waals surface area contributed by atoms with Gasteiger partial charge in [0.25, 0.3) is 0 Å². The number of nitrogens with zero attached hydrogens (tertiary/aromatic N) is 2. The molecule has 0 aromatic rings. The van der Waals surface area contributed by atoms with Crippen LogP contribution in [0.2, 0.25) is 0 Å². The lowest BCUT2D eigenvalue weighted by molar-refractivity contribution is -0.0499. The third kappa shape index (κ3) is 5.01. The molecule has 2 fully saturated rings. The van der Waals surface area contributed by atoms with E-state index in [1.807, 2.05) is 0 Å². The minimum absolute atomic E-state index is 0.429. The van der Waals surface area contributed by atoms with Crippen LogP contribution in [0.1, 0.15) is 40.5 Å². The Balaban J connectivity index is 1.71. The van der Waals surface area contributed by atoms with E-state index in [1.54, 1.807) is 0 Å². The van der Waals surface area contributed by atoms with Crippen LogP contribution in [0.3, 0.4) is 0 Å². The molecule has 1 atom stereocenters. The van der Waals surface area contributed by atoms with Gasteiger partial charge in [-0.3, -0.25) is 4.90 Å². The molecule has 2 saturated heterocycles. The Morgan fingerprint density at radius 2 is 1.70 bits per heavy atom. The maximum Gasteiger partial charge on any atom is 0.0829 e. The molecule has 118 valence electrons. The number of hydrogen-bond donors (Lipinski definition) is 0. The monoisotopic (exact) mass is 282 g/mol. The van der Waals surface area contributed by atoms with E-state index in [-0.39, 0.29) is 0 Å². The van der Waals surface area contributed by atoms with E-state index in [0.717, 1.165) is 44.0 Å². The Kier molecular flexibility index (Phi) is 6.31. The molecule has 3 nitrogen and oxygen atoms in total. The van der Waals surface area contributed by atoms with Crippen LogP contribution in [0.5, 0.6) is 0 Å². The van der Waals surface area contributed by atoms with Crippen molar-refractivity contribution in [1.29, 1.82) is 0 Å². The lowest BCUT2D eigenvalue weighted by Gasteiger charge is -2.39. The zero-order chi connectivity index (χ0) is 14.5. The highest BCUT2D eigenvalue weighted by atomic mass is 16.5. The van der Waals surface area contributed by atoms with Gasteiger partial charge in [0.1, 0.15) is 0 Å². The maximum atomic E-state index is 5.98. The second-order valence-electron chi connectivity index (χ2n) is 7.53. The molecule has 0 aromatic carbocycles. The van der Waals surface area contributed by atoms with Crippen LogP contribution < -0.4 is 0 Å². The largest absolute Gasteiger partial charge is 0.374 e. The van der Waals surface area contributed by atoms with E-state index >= 15 is 0 Å². The van der Waals surface area contributed by atoms with Gasteiger partial charge >= 0.3 is 0 Å². The summed E-state index contributed by atoms with van der Waals surface area (Å²) in [4.78, 5) is 5.21. The fourth-order valence-corrected chi connectivity index (χ4v) is 3.66. The summed E-state index contributed by atoms with van der Waals surface area (Å²) in [6.45, 7) is 17.4. The highest BCUT2D eigenvalue weighted by Crippen LogP contribution is 2.24. The molecule has 0 spiro atoms. The van der Waals surface area contributed by atoms with Gasteiger partial charge in [-0.15, -0.1) is 0 Å². The molecule has 0 saturated carbocycles. The van der Waals surface area contributed by atoms with Crippen molar-refractivity contribution >= 4 is 0 Å². The van der Waals surface area contributed by atoms with Crippen molar-refractivity contribution in [3.05, 3.63) is 0 Å². The second-order valence-corrected chi connectivity index (χ2v) is 7.53. The van der Waals surface area contributed by atoms with Gasteiger partial charge in [-0.1, -0.05) is 27.7 Å². The van der Waals surface area contributed by atoms with E-state index in [9.17, 15) is 0 Å². The SMILES string of the molecule is CC(C)CN1CCO[C@@H](CN2CCC(C(C)C)CC2)C1. The number of ether oxygens (including phenoxy) is 1. The molecule has 0 bridgehead atoms. The van der Waals surface area contributed by atoms with E-state index in [0.29, 0.717) is 6.10 Å². The molecule has 0 radical (unpaired) electrons. The molecule has 3 heteroatoms. The summed E-state index contributed by atoms with van der Waals surface area (Å²) in [5.41, 5.74) is 0. The predicted octanol–water partition coefficient (Wildman–Crippen LogP) is 2.71. The highest BCUT2D eigenvalue weighted by Gasteiger charge is 2.26. The molecule has 2 heterocycles. The van der Waals surface area contributed by atoms with E-state index < -0.39 is 0 Å². The van der Waals surface area contributed by atoms with Crippen molar-refractivity contribution in [2.45, 2.75) is 46.6 Å². The summed E-state index contributed by atoms with van der Waals surface area (Å²) < 4.78 is 5.98. The summed E-state index contributed by atoms with van der Waals surface area (Å²) in [7, 11) is 0. The molecule has 0 aliphatic carbocycles. The smallest absolute Gasteiger partial charge is 0.0829 e. The van der Waals surface area contributed by atoms with Crippen LogP contribution in [0.4, 0.5) is 0 Å². The van der Waals surface area contributed by atoms with Crippen LogP contribution in [0, 0.1) is 17.8 Å². The molecule has 0 amide bonds. The van der Waals surface area contributed by atoms with Gasteiger partial charge in [-0.2, -0.15) is 0 Å². The van der Waals surface area contributed by atoms with Gasteiger partial charge in [0.15, 0.2) is 0 Å². The van der Waals surface area contributed by atoms with Gasteiger partial charge < -0.3 is 9.64 Å². The van der Waals surface area contributed by atoms with Crippen LogP contribution >= 0.6 is 0 Å². The number of hydrogen-bond acceptors (Lipinski definition) is 3. The molecular formula is C17H34N2O. The Hall–Kier alpha value is -0.120. The van der Waals surface area contributed by atoms with Crippen molar-refractivity contribution in [1.82, 2.24) is 9.80 Å². The van der Waals surface area contributed by atoms with Gasteiger partial charge in [-0.05, 0) is 43.7 Å². The van der Waals surface area contributed by atoms with E-state index in [4.69, 9.17) is 4.74 Å². The molecule has 2 rings (SSSR count). The number of rotatable bonds is 5. The lowest BCUT2D eigenvalue weighted by atomic mass is 9.86. The van der Waals surface area contributed by atoms with Crippen molar-refractivity contribution in [2.24, 2.45) is 17.8 Å². The first kappa shape index (κ1) is 16.3. The lowest BCUT2D eigenvalue weighted by Crippen LogP contribution is -2.49. The van der Waals surface area contributed by atoms with Crippen LogP contribution in [0.25, 0.3) is 0 Å². The van der Waals surface area contributed by atoms with Gasteiger partial charge in [0.05, 0.1) is 12.7 Å². The molecule has 2 aliphatic rings. The second kappa shape index (κ2) is 7.77. The zero-order valence-corrected chi connectivity index (χ0v) is 14.0. The molecule has 20 heavy (non-hydrogen) atoms. The van der Waals surface area contributed by atoms with Crippen molar-refractivity contribution < 1.29 is 4.74 Å². The number of piperidine rings is 1. The van der Waals surface area contributed by atoms with Gasteiger partial charge in [-0.25, -0.2) is 0 Å². The number of likely N-dealkylation sites (tertiary alicyclic amines) is 1. The molecular weight excluding hydrogens is 248 g/mol. The summed E-state index contributed by atoms with van der Waals surface area (Å²) in [5.74, 6) is 2.55. The average Bonchev–Trinajstić information content (AvgIpc) is 2.39. The van der Waals surface area contributed by atoms with Gasteiger partial charge in [0, 0.05) is 26.2 Å². The summed E-state index contributed by atoms with van der Waals surface area (Å²) in [6, 6.07) is 0. The first-order valence-corrected chi connectivity index (χ1v) is 8.61. The first-order chi connectivity index (χ1) is 9.54. The van der Waals surface area contributed by atoms with Crippen LogP contribution in [0.15, 0.2) is 0 Å². The highest BCUT2D eigenvalue weighted by molar-refractivity contribution is 4.79. The predicted molar refractivity (Wildman–Crippen MR) is 85.0 cm³/mol. The fraction of sp³-hybridized carbons (Fsp3) is 1.00. The zero-order valence-electron chi connectivity index (χ0n) is 14.0. The minimum atomic E-state index is 0.429. The fourth-order valence-electron chi connectivity index (χ4n) is 3.66. The van der Waals surface area contributed by atoms with Crippen molar-refractivity contribution in [2.75, 3.05) is 45.9 Å². The Labute approximate surface area is 125 Å². The molecule has 0 unspecified atom stereocenters. The first-order valence-electron chi connectivity index (χ1n) is 8.61. The van der Waals surface area contributed by atoms with Crippen LogP contribution in [-0.2, 0) is 4.74 Å². The van der Waals surface area contributed by atoms with Crippen molar-refractivity contribution in [3.63, 3.8) is 0 Å². The third-order valence-corrected chi connectivity index (χ3v) is 4.88. The molecule has 2 aliphatic heterocycles. The van der Waals surface area contributed by atoms with E-state index in [2.05, 4.69) is 37.5 Å². The third-order valence-electron chi connectivity index (χ3n) is 4.88. The van der Waals surface area contributed by atoms with Crippen molar-refractivity contribution in [3.8, 4) is 0 Å². The van der Waals surface area contributed by atoms with Crippen LogP contribution in [-0.4, -0.2) is 61.8 Å². The minimum Gasteiger partial charge on any atom is -0.374 e. The maximum absolute atomic E-state index is 5.98. The molecule has 0 aromatic heterocycles. The average molecular weight is 282 g/mol. The summed E-state index contributed by atoms with van der Waals surface area (Å²) in [5, 5.41) is 0. The topological polar surface area (TPSA) is 15.7 Å². The molecule has 0 N–H and O–H groups in total. The standard InChI is InChI=1S/C17H34N2O/c1-14(2)11-19-9-10-20-17(13-19)12-18-7-5-16(6-8-18)15(3)4/h14-17H,5-13H2,1-4H3/t17-/m0/s1.